The molecule has 0 heterocycles. The molecule has 0 aliphatic heterocycles. The standard InChI is InChI=1S/C33H45N7O6S3/c1-41-25-10-7-22(19-28(25)44-4)37-31(47)34-13-16-40(17-14-35-32(48)38-23-8-11-26(42-2)29(20-23)45-5)18-15-36-33(49)39-24-9-12-27(43-3)30(21-24)46-6/h7-12,19-21H,13-18H2,1-6H3,(H2,34,37,47)(H2,35,38,48)(H2,36,39,49). The Hall–Kier alpha value is -4.51. The Balaban J connectivity index is 1.53. The topological polar surface area (TPSA) is 131 Å². The number of benzene rings is 3. The molecule has 0 atom stereocenters. The predicted octanol–water partition coefficient (Wildman–Crippen LogP) is 4.30. The van der Waals surface area contributed by atoms with E-state index in [9.17, 15) is 0 Å². The fourth-order valence-corrected chi connectivity index (χ4v) is 5.25. The van der Waals surface area contributed by atoms with Crippen LogP contribution in [-0.2, 0) is 0 Å². The minimum absolute atomic E-state index is 0.490. The van der Waals surface area contributed by atoms with Gasteiger partial charge in [0.1, 0.15) is 0 Å². The van der Waals surface area contributed by atoms with E-state index in [4.69, 9.17) is 65.1 Å². The third-order valence-corrected chi connectivity index (χ3v) is 7.80. The number of thiocarbonyl (C=S) groups is 3. The molecule has 49 heavy (non-hydrogen) atoms. The van der Waals surface area contributed by atoms with Crippen molar-refractivity contribution in [3.8, 4) is 34.5 Å². The van der Waals surface area contributed by atoms with Gasteiger partial charge in [-0.3, -0.25) is 4.90 Å². The first-order valence-electron chi connectivity index (χ1n) is 15.3. The normalized spacial score (nSPS) is 10.3. The SMILES string of the molecule is COc1ccc(NC(=S)NCCN(CCNC(=S)Nc2ccc(OC)c(OC)c2)CCNC(=S)Nc2ccc(OC)c(OC)c2)cc1OC. The fourth-order valence-electron chi connectivity index (χ4n) is 4.59. The summed E-state index contributed by atoms with van der Waals surface area (Å²) in [7, 11) is 9.56. The highest BCUT2D eigenvalue weighted by Gasteiger charge is 2.11. The predicted molar refractivity (Wildman–Crippen MR) is 208 cm³/mol. The van der Waals surface area contributed by atoms with Gasteiger partial charge in [-0.05, 0) is 73.1 Å². The van der Waals surface area contributed by atoms with Crippen molar-refractivity contribution in [2.24, 2.45) is 0 Å². The molecule has 0 amide bonds. The largest absolute Gasteiger partial charge is 0.493 e. The van der Waals surface area contributed by atoms with E-state index in [1.54, 1.807) is 42.7 Å². The van der Waals surface area contributed by atoms with Crippen molar-refractivity contribution in [2.75, 3.05) is 97.9 Å². The summed E-state index contributed by atoms with van der Waals surface area (Å²) in [5.74, 6) is 3.75. The van der Waals surface area contributed by atoms with E-state index in [0.717, 1.165) is 17.1 Å². The summed E-state index contributed by atoms with van der Waals surface area (Å²) < 4.78 is 32.1. The highest BCUT2D eigenvalue weighted by atomic mass is 32.1. The second-order valence-corrected chi connectivity index (χ2v) is 11.4. The van der Waals surface area contributed by atoms with Crippen LogP contribution in [0.25, 0.3) is 0 Å². The molecular weight excluding hydrogens is 687 g/mol. The molecule has 3 aromatic rings. The average Bonchev–Trinajstić information content (AvgIpc) is 3.11. The fraction of sp³-hybridized carbons (Fsp3) is 0.364. The molecule has 0 aromatic heterocycles. The van der Waals surface area contributed by atoms with Gasteiger partial charge in [-0.25, -0.2) is 0 Å². The lowest BCUT2D eigenvalue weighted by molar-refractivity contribution is 0.286. The lowest BCUT2D eigenvalue weighted by Gasteiger charge is -2.24. The van der Waals surface area contributed by atoms with E-state index in [1.165, 1.54) is 0 Å². The smallest absolute Gasteiger partial charge is 0.170 e. The van der Waals surface area contributed by atoms with Crippen molar-refractivity contribution in [2.45, 2.75) is 0 Å². The van der Waals surface area contributed by atoms with Crippen LogP contribution in [0.3, 0.4) is 0 Å². The van der Waals surface area contributed by atoms with Crippen LogP contribution < -0.4 is 60.3 Å². The van der Waals surface area contributed by atoms with Gasteiger partial charge in [0.2, 0.25) is 0 Å². The molecule has 0 fully saturated rings. The van der Waals surface area contributed by atoms with Crippen LogP contribution in [0, 0.1) is 0 Å². The maximum atomic E-state index is 5.54. The molecule has 0 saturated heterocycles. The molecule has 0 aliphatic rings. The Morgan fingerprint density at radius 3 is 0.959 bits per heavy atom. The number of hydrogen-bond donors (Lipinski definition) is 6. The molecule has 16 heteroatoms. The summed E-state index contributed by atoms with van der Waals surface area (Å²) in [5.41, 5.74) is 2.35. The zero-order valence-corrected chi connectivity index (χ0v) is 31.0. The van der Waals surface area contributed by atoms with Crippen LogP contribution in [0.1, 0.15) is 0 Å². The van der Waals surface area contributed by atoms with Crippen LogP contribution in [0.5, 0.6) is 34.5 Å². The second kappa shape index (κ2) is 20.8. The molecule has 0 radical (unpaired) electrons. The zero-order chi connectivity index (χ0) is 35.6. The molecule has 0 spiro atoms. The van der Waals surface area contributed by atoms with E-state index < -0.39 is 0 Å². The minimum atomic E-state index is 0.490. The number of methoxy groups -OCH3 is 6. The van der Waals surface area contributed by atoms with E-state index in [1.807, 2.05) is 54.6 Å². The Bertz CT molecular complexity index is 1370. The summed E-state index contributed by atoms with van der Waals surface area (Å²) in [4.78, 5) is 2.27. The number of hydrogen-bond acceptors (Lipinski definition) is 10. The Morgan fingerprint density at radius 1 is 0.449 bits per heavy atom. The molecule has 266 valence electrons. The summed E-state index contributed by atoms with van der Waals surface area (Å²) in [6, 6.07) is 16.6. The molecule has 0 unspecified atom stereocenters. The van der Waals surface area contributed by atoms with Gasteiger partial charge < -0.3 is 60.3 Å². The van der Waals surface area contributed by atoms with Gasteiger partial charge in [0.15, 0.2) is 49.8 Å². The van der Waals surface area contributed by atoms with E-state index in [2.05, 4.69) is 36.8 Å². The van der Waals surface area contributed by atoms with Gasteiger partial charge in [0, 0.05) is 74.5 Å². The van der Waals surface area contributed by atoms with Gasteiger partial charge in [0.25, 0.3) is 0 Å². The number of ether oxygens (including phenoxy) is 6. The summed E-state index contributed by atoms with van der Waals surface area (Å²) in [5, 5.41) is 20.9. The monoisotopic (exact) mass is 731 g/mol. The van der Waals surface area contributed by atoms with Crippen molar-refractivity contribution in [3.05, 3.63) is 54.6 Å². The van der Waals surface area contributed by atoms with Gasteiger partial charge in [-0.15, -0.1) is 0 Å². The summed E-state index contributed by atoms with van der Waals surface area (Å²) in [6.07, 6.45) is 0. The van der Waals surface area contributed by atoms with Gasteiger partial charge in [-0.2, -0.15) is 0 Å². The maximum absolute atomic E-state index is 5.54. The highest BCUT2D eigenvalue weighted by Crippen LogP contribution is 2.31. The van der Waals surface area contributed by atoms with Crippen molar-refractivity contribution in [3.63, 3.8) is 0 Å². The first-order valence-corrected chi connectivity index (χ1v) is 16.5. The molecule has 0 saturated carbocycles. The average molecular weight is 732 g/mol. The summed E-state index contributed by atoms with van der Waals surface area (Å²) >= 11 is 16.6. The van der Waals surface area contributed by atoms with Crippen LogP contribution in [0.15, 0.2) is 54.6 Å². The van der Waals surface area contributed by atoms with Gasteiger partial charge >= 0.3 is 0 Å². The zero-order valence-electron chi connectivity index (χ0n) is 28.6. The third-order valence-electron chi connectivity index (χ3n) is 7.06. The van der Waals surface area contributed by atoms with E-state index >= 15 is 0 Å². The molecular formula is C33H45N7O6S3. The lowest BCUT2D eigenvalue weighted by atomic mass is 10.3. The molecule has 3 aromatic carbocycles. The Kier molecular flexibility index (Phi) is 16.5. The molecule has 3 rings (SSSR count). The second-order valence-electron chi connectivity index (χ2n) is 10.2. The third kappa shape index (κ3) is 12.8. The molecule has 6 N–H and O–H groups in total. The summed E-state index contributed by atoms with van der Waals surface area (Å²) in [6.45, 7) is 3.89. The first-order chi connectivity index (χ1) is 23.7. The number of nitrogens with zero attached hydrogens (tertiary/aromatic N) is 1. The maximum Gasteiger partial charge on any atom is 0.170 e. The Morgan fingerprint density at radius 2 is 0.714 bits per heavy atom. The van der Waals surface area contributed by atoms with Crippen LogP contribution in [0.2, 0.25) is 0 Å². The van der Waals surface area contributed by atoms with Crippen molar-refractivity contribution >= 4 is 69.1 Å². The lowest BCUT2D eigenvalue weighted by Crippen LogP contribution is -2.44. The van der Waals surface area contributed by atoms with Crippen molar-refractivity contribution in [1.82, 2.24) is 20.9 Å². The molecule has 0 aliphatic carbocycles. The van der Waals surface area contributed by atoms with Gasteiger partial charge in [0.05, 0.1) is 42.7 Å². The number of nitrogens with one attached hydrogen (secondary N) is 6. The number of rotatable bonds is 18. The Labute approximate surface area is 304 Å². The van der Waals surface area contributed by atoms with E-state index in [-0.39, 0.29) is 0 Å². The van der Waals surface area contributed by atoms with Crippen LogP contribution >= 0.6 is 36.7 Å². The van der Waals surface area contributed by atoms with Gasteiger partial charge in [-0.1, -0.05) is 0 Å². The quantitative estimate of drug-likeness (QED) is 0.104. The molecule has 13 nitrogen and oxygen atoms in total. The highest BCUT2D eigenvalue weighted by molar-refractivity contribution is 7.80. The van der Waals surface area contributed by atoms with Crippen LogP contribution in [0.4, 0.5) is 17.1 Å². The number of anilines is 3. The first kappa shape index (κ1) is 38.9. The minimum Gasteiger partial charge on any atom is -0.493 e. The van der Waals surface area contributed by atoms with Crippen molar-refractivity contribution in [1.29, 1.82) is 0 Å². The van der Waals surface area contributed by atoms with Crippen molar-refractivity contribution < 1.29 is 28.4 Å². The van der Waals surface area contributed by atoms with E-state index in [0.29, 0.717) is 89.1 Å². The van der Waals surface area contributed by atoms with Crippen LogP contribution in [-0.4, -0.2) is 102 Å². The molecule has 0 bridgehead atoms.